The number of hydrogen-bond donors (Lipinski definition) is 1. The van der Waals surface area contributed by atoms with Gasteiger partial charge in [-0.1, -0.05) is 90.5 Å². The number of nitrogens with zero attached hydrogens (tertiary/aromatic N) is 1. The molecule has 0 aliphatic rings. The normalized spacial score (nSPS) is 11.5. The molecule has 4 heteroatoms. The summed E-state index contributed by atoms with van der Waals surface area (Å²) >= 11 is 0. The maximum Gasteiger partial charge on any atom is 0.242 e. The van der Waals surface area contributed by atoms with E-state index in [1.54, 1.807) is 11.9 Å². The molecule has 3 rings (SSSR count). The van der Waals surface area contributed by atoms with Gasteiger partial charge < -0.3 is 10.2 Å². The molecular weight excluding hydrogens is 384 g/mol. The zero-order chi connectivity index (χ0) is 22.1. The van der Waals surface area contributed by atoms with Gasteiger partial charge in [0.25, 0.3) is 0 Å². The van der Waals surface area contributed by atoms with E-state index in [1.807, 2.05) is 67.6 Å². The summed E-state index contributed by atoms with van der Waals surface area (Å²) < 4.78 is 0. The van der Waals surface area contributed by atoms with E-state index >= 15 is 0 Å². The van der Waals surface area contributed by atoms with E-state index < -0.39 is 6.04 Å². The van der Waals surface area contributed by atoms with E-state index in [2.05, 4.69) is 29.6 Å². The van der Waals surface area contributed by atoms with Gasteiger partial charge in [-0.3, -0.25) is 9.59 Å². The molecule has 0 saturated carbocycles. The molecule has 3 aromatic carbocycles. The molecule has 31 heavy (non-hydrogen) atoms. The van der Waals surface area contributed by atoms with Gasteiger partial charge in [-0.2, -0.15) is 0 Å². The van der Waals surface area contributed by atoms with Crippen molar-refractivity contribution in [3.05, 3.63) is 107 Å². The maximum atomic E-state index is 13.4. The second-order valence-corrected chi connectivity index (χ2v) is 7.81. The quantitative estimate of drug-likeness (QED) is 0.567. The lowest BCUT2D eigenvalue weighted by atomic mass is 10.0. The van der Waals surface area contributed by atoms with Gasteiger partial charge in [-0.25, -0.2) is 0 Å². The first-order chi connectivity index (χ1) is 15.1. The van der Waals surface area contributed by atoms with Crippen LogP contribution in [0, 0.1) is 6.92 Å². The number of likely N-dealkylation sites (N-methyl/N-ethyl adjacent to an activating group) is 1. The van der Waals surface area contributed by atoms with Crippen molar-refractivity contribution < 1.29 is 9.59 Å². The fourth-order valence-corrected chi connectivity index (χ4v) is 3.65. The van der Waals surface area contributed by atoms with Crippen molar-refractivity contribution in [3.63, 3.8) is 0 Å². The van der Waals surface area contributed by atoms with E-state index in [-0.39, 0.29) is 11.8 Å². The second-order valence-electron chi connectivity index (χ2n) is 7.81. The monoisotopic (exact) mass is 414 g/mol. The van der Waals surface area contributed by atoms with Crippen molar-refractivity contribution in [3.8, 4) is 0 Å². The first-order valence-corrected chi connectivity index (χ1v) is 10.7. The zero-order valence-corrected chi connectivity index (χ0v) is 18.3. The fourth-order valence-electron chi connectivity index (χ4n) is 3.65. The van der Waals surface area contributed by atoms with Gasteiger partial charge in [0.1, 0.15) is 6.04 Å². The Hall–Kier alpha value is -3.40. The van der Waals surface area contributed by atoms with Crippen molar-refractivity contribution in [1.82, 2.24) is 10.2 Å². The van der Waals surface area contributed by atoms with E-state index in [1.165, 1.54) is 5.56 Å². The van der Waals surface area contributed by atoms with Crippen LogP contribution < -0.4 is 5.32 Å². The molecule has 3 aromatic rings. The van der Waals surface area contributed by atoms with Crippen LogP contribution in [0.25, 0.3) is 0 Å². The Balaban J connectivity index is 1.83. The molecule has 1 atom stereocenters. The van der Waals surface area contributed by atoms with Crippen LogP contribution in [0.5, 0.6) is 0 Å². The molecule has 0 heterocycles. The summed E-state index contributed by atoms with van der Waals surface area (Å²) in [4.78, 5) is 28.0. The van der Waals surface area contributed by atoms with Crippen LogP contribution in [0.2, 0.25) is 0 Å². The van der Waals surface area contributed by atoms with Crippen molar-refractivity contribution in [1.29, 1.82) is 0 Å². The van der Waals surface area contributed by atoms with Crippen molar-refractivity contribution in [2.24, 2.45) is 0 Å². The molecule has 2 amide bonds. The molecule has 0 aliphatic carbocycles. The van der Waals surface area contributed by atoms with Crippen LogP contribution in [-0.2, 0) is 29.0 Å². The molecular formula is C27H30N2O2. The largest absolute Gasteiger partial charge is 0.357 e. The van der Waals surface area contributed by atoms with Crippen molar-refractivity contribution >= 4 is 11.8 Å². The van der Waals surface area contributed by atoms with Gasteiger partial charge in [0.05, 0.1) is 0 Å². The first-order valence-electron chi connectivity index (χ1n) is 10.7. The van der Waals surface area contributed by atoms with Gasteiger partial charge in [0.15, 0.2) is 0 Å². The average Bonchev–Trinajstić information content (AvgIpc) is 2.81. The minimum Gasteiger partial charge on any atom is -0.357 e. The molecule has 0 radical (unpaired) electrons. The number of hydrogen-bond acceptors (Lipinski definition) is 2. The van der Waals surface area contributed by atoms with Crippen molar-refractivity contribution in [2.75, 3.05) is 7.05 Å². The second kappa shape index (κ2) is 11.1. The fraction of sp³-hybridized carbons (Fsp3) is 0.259. The van der Waals surface area contributed by atoms with Crippen LogP contribution in [-0.4, -0.2) is 29.8 Å². The summed E-state index contributed by atoms with van der Waals surface area (Å²) in [5.74, 6) is -0.169. The summed E-state index contributed by atoms with van der Waals surface area (Å²) in [6.07, 6.45) is 1.48. The van der Waals surface area contributed by atoms with Crippen molar-refractivity contribution in [2.45, 2.75) is 38.8 Å². The molecule has 0 bridgehead atoms. The molecule has 4 nitrogen and oxygen atoms in total. The highest BCUT2D eigenvalue weighted by Gasteiger charge is 2.29. The number of carbonyl (C=O) groups is 2. The predicted octanol–water partition coefficient (Wildman–Crippen LogP) is 4.31. The predicted molar refractivity (Wildman–Crippen MR) is 124 cm³/mol. The lowest BCUT2D eigenvalue weighted by Crippen LogP contribution is -2.49. The Labute approximate surface area is 184 Å². The minimum absolute atomic E-state index is 0.0195. The SMILES string of the molecule is CNC(=O)[C@@H](Cc1ccccc1)N(Cc1ccccc1)C(=O)CCc1ccc(C)cc1. The lowest BCUT2D eigenvalue weighted by molar-refractivity contribution is -0.141. The molecule has 160 valence electrons. The van der Waals surface area contributed by atoms with E-state index in [0.29, 0.717) is 25.8 Å². The molecule has 0 aromatic heterocycles. The molecule has 0 spiro atoms. The Morgan fingerprint density at radius 2 is 1.39 bits per heavy atom. The average molecular weight is 415 g/mol. The third-order valence-electron chi connectivity index (χ3n) is 5.46. The van der Waals surface area contributed by atoms with Gasteiger partial charge in [-0.05, 0) is 30.0 Å². The maximum absolute atomic E-state index is 13.4. The number of amides is 2. The molecule has 0 aliphatic heterocycles. The van der Waals surface area contributed by atoms with Crippen LogP contribution in [0.3, 0.4) is 0 Å². The highest BCUT2D eigenvalue weighted by Crippen LogP contribution is 2.17. The molecule has 0 unspecified atom stereocenters. The highest BCUT2D eigenvalue weighted by atomic mass is 16.2. The summed E-state index contributed by atoms with van der Waals surface area (Å²) in [6, 6.07) is 27.4. The number of nitrogens with one attached hydrogen (secondary N) is 1. The Kier molecular flexibility index (Phi) is 7.99. The molecule has 0 saturated heterocycles. The van der Waals surface area contributed by atoms with Gasteiger partial charge in [0.2, 0.25) is 11.8 Å². The summed E-state index contributed by atoms with van der Waals surface area (Å²) in [7, 11) is 1.62. The molecule has 1 N–H and O–H groups in total. The van der Waals surface area contributed by atoms with Gasteiger partial charge in [-0.15, -0.1) is 0 Å². The number of carbonyl (C=O) groups excluding carboxylic acids is 2. The van der Waals surface area contributed by atoms with Gasteiger partial charge in [0, 0.05) is 26.4 Å². The third kappa shape index (κ3) is 6.54. The Bertz CT molecular complexity index is 969. The van der Waals surface area contributed by atoms with E-state index in [4.69, 9.17) is 0 Å². The smallest absolute Gasteiger partial charge is 0.242 e. The van der Waals surface area contributed by atoms with Crippen LogP contribution >= 0.6 is 0 Å². The summed E-state index contributed by atoms with van der Waals surface area (Å²) in [5.41, 5.74) is 4.36. The lowest BCUT2D eigenvalue weighted by Gasteiger charge is -2.31. The topological polar surface area (TPSA) is 49.4 Å². The Morgan fingerprint density at radius 1 is 0.806 bits per heavy atom. The summed E-state index contributed by atoms with van der Waals surface area (Å²) in [5, 5.41) is 2.75. The number of benzene rings is 3. The number of rotatable bonds is 9. The Morgan fingerprint density at radius 3 is 1.97 bits per heavy atom. The van der Waals surface area contributed by atoms with Crippen LogP contribution in [0.4, 0.5) is 0 Å². The standard InChI is InChI=1S/C27H30N2O2/c1-21-13-15-22(16-14-21)17-18-26(30)29(20-24-11-7-4-8-12-24)25(27(31)28-2)19-23-9-5-3-6-10-23/h3-16,25H,17-20H2,1-2H3,(H,28,31)/t25-/m1/s1. The third-order valence-corrected chi connectivity index (χ3v) is 5.46. The van der Waals surface area contributed by atoms with E-state index in [0.717, 1.165) is 16.7 Å². The van der Waals surface area contributed by atoms with Crippen LogP contribution in [0.1, 0.15) is 28.7 Å². The van der Waals surface area contributed by atoms with Gasteiger partial charge >= 0.3 is 0 Å². The number of aryl methyl sites for hydroxylation is 2. The zero-order valence-electron chi connectivity index (χ0n) is 18.3. The first kappa shape index (κ1) is 22.3. The van der Waals surface area contributed by atoms with Crippen LogP contribution in [0.15, 0.2) is 84.9 Å². The highest BCUT2D eigenvalue weighted by molar-refractivity contribution is 5.88. The minimum atomic E-state index is -0.571. The van der Waals surface area contributed by atoms with E-state index in [9.17, 15) is 9.59 Å². The summed E-state index contributed by atoms with van der Waals surface area (Å²) in [6.45, 7) is 2.45. The molecule has 0 fully saturated rings.